The summed E-state index contributed by atoms with van der Waals surface area (Å²) in [6, 6.07) is 6.03. The Hall–Kier alpha value is -2.55. The molecule has 1 aromatic carbocycles. The number of aromatic nitrogens is 2. The molecule has 0 aliphatic rings. The normalized spacial score (nSPS) is 10.9. The number of nitrogens with zero attached hydrogens (tertiary/aromatic N) is 2. The van der Waals surface area contributed by atoms with Crippen LogP contribution in [-0.2, 0) is 10.0 Å². The van der Waals surface area contributed by atoms with Gasteiger partial charge >= 0.3 is 6.01 Å². The average Bonchev–Trinajstić information content (AvgIpc) is 2.55. The lowest BCUT2D eigenvalue weighted by atomic mass is 10.3. The van der Waals surface area contributed by atoms with Crippen molar-refractivity contribution in [3.63, 3.8) is 0 Å². The van der Waals surface area contributed by atoms with Crippen LogP contribution in [0.15, 0.2) is 35.4 Å². The number of rotatable bonds is 6. The highest BCUT2D eigenvalue weighted by Gasteiger charge is 2.18. The lowest BCUT2D eigenvalue weighted by molar-refractivity contribution is 0.353. The van der Waals surface area contributed by atoms with E-state index in [1.165, 1.54) is 39.7 Å². The molecule has 0 bridgehead atoms. The highest BCUT2D eigenvalue weighted by Crippen LogP contribution is 2.26. The van der Waals surface area contributed by atoms with E-state index in [4.69, 9.17) is 14.2 Å². The predicted octanol–water partition coefficient (Wildman–Crippen LogP) is 1.30. The molecular weight excluding hydrogens is 310 g/mol. The maximum atomic E-state index is 12.3. The van der Waals surface area contributed by atoms with Gasteiger partial charge in [0, 0.05) is 0 Å². The molecule has 0 fully saturated rings. The van der Waals surface area contributed by atoms with E-state index in [1.54, 1.807) is 12.1 Å². The zero-order valence-corrected chi connectivity index (χ0v) is 13.0. The molecule has 0 atom stereocenters. The van der Waals surface area contributed by atoms with Crippen LogP contribution in [0.3, 0.4) is 0 Å². The minimum absolute atomic E-state index is 0.0592. The molecule has 0 radical (unpaired) electrons. The summed E-state index contributed by atoms with van der Waals surface area (Å²) in [4.78, 5) is 7.84. The molecule has 0 amide bonds. The molecular formula is C13H15N3O5S. The van der Waals surface area contributed by atoms with E-state index in [9.17, 15) is 8.42 Å². The Morgan fingerprint density at radius 1 is 1.00 bits per heavy atom. The first kappa shape index (κ1) is 15.8. The minimum atomic E-state index is -3.80. The number of sulfonamides is 1. The molecule has 0 unspecified atom stereocenters. The summed E-state index contributed by atoms with van der Waals surface area (Å²) in [5.74, 6) is 0.619. The smallest absolute Gasteiger partial charge is 0.319 e. The maximum Gasteiger partial charge on any atom is 0.319 e. The Morgan fingerprint density at radius 2 is 1.68 bits per heavy atom. The monoisotopic (exact) mass is 325 g/mol. The first-order valence-electron chi connectivity index (χ1n) is 6.12. The van der Waals surface area contributed by atoms with E-state index >= 15 is 0 Å². The Balaban J connectivity index is 2.31. The van der Waals surface area contributed by atoms with Gasteiger partial charge in [-0.25, -0.2) is 13.4 Å². The Bertz CT molecular complexity index is 747. The Morgan fingerprint density at radius 3 is 2.23 bits per heavy atom. The molecule has 2 rings (SSSR count). The summed E-state index contributed by atoms with van der Waals surface area (Å²) < 4.78 is 41.9. The third kappa shape index (κ3) is 3.37. The topological polar surface area (TPSA) is 99.6 Å². The molecule has 1 aromatic heterocycles. The molecule has 0 aliphatic carbocycles. The van der Waals surface area contributed by atoms with E-state index in [0.717, 1.165) is 0 Å². The van der Waals surface area contributed by atoms with Gasteiger partial charge < -0.3 is 14.2 Å². The SMILES string of the molecule is COc1ccc(S(=O)(=O)Nc2cnc(OC)nc2OC)cc1. The fraction of sp³-hybridized carbons (Fsp3) is 0.231. The number of hydrogen-bond acceptors (Lipinski definition) is 7. The Kier molecular flexibility index (Phi) is 4.66. The highest BCUT2D eigenvalue weighted by molar-refractivity contribution is 7.92. The van der Waals surface area contributed by atoms with Crippen molar-refractivity contribution >= 4 is 15.7 Å². The third-order valence-corrected chi connectivity index (χ3v) is 4.10. The van der Waals surface area contributed by atoms with E-state index in [0.29, 0.717) is 5.75 Å². The molecule has 0 saturated carbocycles. The van der Waals surface area contributed by atoms with Crippen molar-refractivity contribution in [1.29, 1.82) is 0 Å². The second kappa shape index (κ2) is 6.48. The van der Waals surface area contributed by atoms with Gasteiger partial charge in [-0.1, -0.05) is 0 Å². The van der Waals surface area contributed by atoms with Crippen molar-refractivity contribution in [2.45, 2.75) is 4.90 Å². The zero-order valence-electron chi connectivity index (χ0n) is 12.2. The lowest BCUT2D eigenvalue weighted by Crippen LogP contribution is -2.14. The quantitative estimate of drug-likeness (QED) is 0.854. The van der Waals surface area contributed by atoms with Crippen LogP contribution in [0.5, 0.6) is 17.6 Å². The van der Waals surface area contributed by atoms with Crippen molar-refractivity contribution in [1.82, 2.24) is 9.97 Å². The van der Waals surface area contributed by atoms with E-state index < -0.39 is 10.0 Å². The molecule has 9 heteroatoms. The summed E-state index contributed by atoms with van der Waals surface area (Å²) >= 11 is 0. The predicted molar refractivity (Wildman–Crippen MR) is 78.9 cm³/mol. The molecule has 1 heterocycles. The maximum absolute atomic E-state index is 12.3. The standard InChI is InChI=1S/C13H15N3O5S/c1-19-9-4-6-10(7-5-9)22(17,18)16-11-8-14-13(21-3)15-12(11)20-2/h4-8,16H,1-3H3. The number of hydrogen-bond donors (Lipinski definition) is 1. The molecule has 0 saturated heterocycles. The van der Waals surface area contributed by atoms with E-state index in [-0.39, 0.29) is 22.5 Å². The Labute approximate surface area is 128 Å². The van der Waals surface area contributed by atoms with Crippen molar-refractivity contribution < 1.29 is 22.6 Å². The van der Waals surface area contributed by atoms with Crippen LogP contribution in [0.1, 0.15) is 0 Å². The minimum Gasteiger partial charge on any atom is -0.497 e. The van der Waals surface area contributed by atoms with Crippen LogP contribution in [0.4, 0.5) is 5.69 Å². The fourth-order valence-corrected chi connectivity index (χ4v) is 2.68. The molecule has 8 nitrogen and oxygen atoms in total. The summed E-state index contributed by atoms with van der Waals surface area (Å²) in [6.07, 6.45) is 1.27. The van der Waals surface area contributed by atoms with Crippen molar-refractivity contribution in [3.05, 3.63) is 30.5 Å². The van der Waals surface area contributed by atoms with Crippen molar-refractivity contribution in [3.8, 4) is 17.6 Å². The van der Waals surface area contributed by atoms with Gasteiger partial charge in [0.15, 0.2) is 0 Å². The second-order valence-electron chi connectivity index (χ2n) is 4.06. The van der Waals surface area contributed by atoms with Gasteiger partial charge in [-0.3, -0.25) is 4.72 Å². The van der Waals surface area contributed by atoms with Crippen molar-refractivity contribution in [2.75, 3.05) is 26.1 Å². The van der Waals surface area contributed by atoms with Crippen LogP contribution in [0, 0.1) is 0 Å². The molecule has 22 heavy (non-hydrogen) atoms. The average molecular weight is 325 g/mol. The fourth-order valence-electron chi connectivity index (χ4n) is 1.63. The van der Waals surface area contributed by atoms with Crippen LogP contribution < -0.4 is 18.9 Å². The summed E-state index contributed by atoms with van der Waals surface area (Å²) in [5, 5.41) is 0. The van der Waals surface area contributed by atoms with Gasteiger partial charge in [-0.15, -0.1) is 0 Å². The van der Waals surface area contributed by atoms with Gasteiger partial charge in [0.25, 0.3) is 10.0 Å². The summed E-state index contributed by atoms with van der Waals surface area (Å²) in [6.45, 7) is 0. The van der Waals surface area contributed by atoms with Gasteiger partial charge in [-0.2, -0.15) is 4.98 Å². The first-order chi connectivity index (χ1) is 10.5. The van der Waals surface area contributed by atoms with Crippen LogP contribution >= 0.6 is 0 Å². The van der Waals surface area contributed by atoms with E-state index in [2.05, 4.69) is 14.7 Å². The van der Waals surface area contributed by atoms with Gasteiger partial charge in [-0.05, 0) is 24.3 Å². The third-order valence-electron chi connectivity index (χ3n) is 2.72. The summed E-state index contributed by atoms with van der Waals surface area (Å²) in [5.41, 5.74) is 0.110. The molecule has 118 valence electrons. The summed E-state index contributed by atoms with van der Waals surface area (Å²) in [7, 11) is 0.471. The van der Waals surface area contributed by atoms with Gasteiger partial charge in [0.05, 0.1) is 32.4 Å². The van der Waals surface area contributed by atoms with Crippen LogP contribution in [0.2, 0.25) is 0 Å². The van der Waals surface area contributed by atoms with Gasteiger partial charge in [0.1, 0.15) is 11.4 Å². The molecule has 2 aromatic rings. The largest absolute Gasteiger partial charge is 0.497 e. The number of anilines is 1. The second-order valence-corrected chi connectivity index (χ2v) is 5.74. The first-order valence-corrected chi connectivity index (χ1v) is 7.60. The molecule has 0 spiro atoms. The molecule has 0 aliphatic heterocycles. The van der Waals surface area contributed by atoms with E-state index in [1.807, 2.05) is 0 Å². The number of nitrogens with one attached hydrogen (secondary N) is 1. The zero-order chi connectivity index (χ0) is 16.2. The highest BCUT2D eigenvalue weighted by atomic mass is 32.2. The van der Waals surface area contributed by atoms with Crippen molar-refractivity contribution in [2.24, 2.45) is 0 Å². The van der Waals surface area contributed by atoms with Gasteiger partial charge in [0.2, 0.25) is 5.88 Å². The van der Waals surface area contributed by atoms with Crippen LogP contribution in [0.25, 0.3) is 0 Å². The van der Waals surface area contributed by atoms with Crippen LogP contribution in [-0.4, -0.2) is 39.7 Å². The number of methoxy groups -OCH3 is 3. The number of ether oxygens (including phenoxy) is 3. The lowest BCUT2D eigenvalue weighted by Gasteiger charge is -2.11. The number of benzene rings is 1. The molecule has 1 N–H and O–H groups in total.